The number of rotatable bonds is 3. The first-order valence-corrected chi connectivity index (χ1v) is 8.98. The van der Waals surface area contributed by atoms with Gasteiger partial charge in [-0.05, 0) is 29.0 Å². The summed E-state index contributed by atoms with van der Waals surface area (Å²) in [6, 6.07) is 9.01. The molecule has 1 aromatic carbocycles. The lowest BCUT2D eigenvalue weighted by atomic mass is 9.87. The van der Waals surface area contributed by atoms with Gasteiger partial charge in [-0.1, -0.05) is 32.0 Å². The predicted molar refractivity (Wildman–Crippen MR) is 99.5 cm³/mol. The fourth-order valence-electron chi connectivity index (χ4n) is 3.02. The molecule has 0 radical (unpaired) electrons. The Morgan fingerprint density at radius 1 is 1.20 bits per heavy atom. The quantitative estimate of drug-likeness (QED) is 0.793. The topological polar surface area (TPSA) is 57.7 Å². The maximum absolute atomic E-state index is 13.0. The van der Waals surface area contributed by atoms with Crippen LogP contribution < -0.4 is 9.80 Å². The molecule has 2 heterocycles. The first kappa shape index (κ1) is 17.4. The molecule has 25 heavy (non-hydrogen) atoms. The van der Waals surface area contributed by atoms with Gasteiger partial charge >= 0.3 is 0 Å². The molecule has 1 unspecified atom stereocenters. The summed E-state index contributed by atoms with van der Waals surface area (Å²) in [5, 5.41) is 2.54. The van der Waals surface area contributed by atoms with E-state index in [1.165, 1.54) is 21.1 Å². The second kappa shape index (κ2) is 6.44. The Morgan fingerprint density at radius 3 is 2.44 bits per heavy atom. The molecule has 1 aliphatic heterocycles. The van der Waals surface area contributed by atoms with Crippen molar-refractivity contribution in [3.63, 3.8) is 0 Å². The third-order valence-corrected chi connectivity index (χ3v) is 5.61. The van der Waals surface area contributed by atoms with Crippen LogP contribution in [0.5, 0.6) is 0 Å². The molecule has 0 aliphatic carbocycles. The van der Waals surface area contributed by atoms with Gasteiger partial charge in [-0.15, -0.1) is 11.3 Å². The molecule has 0 N–H and O–H groups in total. The maximum Gasteiger partial charge on any atom is 0.247 e. The lowest BCUT2D eigenvalue weighted by Crippen LogP contribution is -2.50. The predicted octanol–water partition coefficient (Wildman–Crippen LogP) is 3.31. The molecular formula is C19H20N2O3S. The summed E-state index contributed by atoms with van der Waals surface area (Å²) in [6.45, 7) is 4.00. The van der Waals surface area contributed by atoms with Crippen molar-refractivity contribution in [3.05, 3.63) is 46.8 Å². The zero-order chi connectivity index (χ0) is 18.3. The van der Waals surface area contributed by atoms with Crippen LogP contribution in [0.3, 0.4) is 0 Å². The van der Waals surface area contributed by atoms with Crippen LogP contribution in [0.25, 0.3) is 0 Å². The van der Waals surface area contributed by atoms with Gasteiger partial charge in [0.15, 0.2) is 11.7 Å². The number of hydrogen-bond donors (Lipinski definition) is 0. The molecule has 2 aromatic rings. The van der Waals surface area contributed by atoms with E-state index in [2.05, 4.69) is 0 Å². The van der Waals surface area contributed by atoms with Crippen LogP contribution in [0.15, 0.2) is 35.7 Å². The standard InChI is InChI=1S/C19H20N2O3S/c1-11(2)13-10-25-19-14(13)16(22)15(18(24)21(19)4)17(23)20(3)12-8-6-5-7-9-12/h5-11,15H,1-4H3. The Hall–Kier alpha value is -2.47. The van der Waals surface area contributed by atoms with E-state index in [1.54, 1.807) is 26.2 Å². The number of ketones is 1. The molecule has 6 heteroatoms. The minimum Gasteiger partial charge on any atom is -0.314 e. The monoisotopic (exact) mass is 356 g/mol. The number of Topliss-reactive ketones (excluding diaryl/α,β-unsaturated/α-hetero) is 1. The Kier molecular flexibility index (Phi) is 4.47. The first-order valence-electron chi connectivity index (χ1n) is 8.10. The minimum atomic E-state index is -1.32. The summed E-state index contributed by atoms with van der Waals surface area (Å²) in [7, 11) is 3.21. The highest BCUT2D eigenvalue weighted by Crippen LogP contribution is 2.41. The van der Waals surface area contributed by atoms with E-state index in [0.717, 1.165) is 5.56 Å². The molecule has 130 valence electrons. The molecule has 0 bridgehead atoms. The average molecular weight is 356 g/mol. The Bertz CT molecular complexity index is 842. The number of nitrogens with zero attached hydrogens (tertiary/aromatic N) is 2. The summed E-state index contributed by atoms with van der Waals surface area (Å²) in [6.07, 6.45) is 0. The number of hydrogen-bond acceptors (Lipinski definition) is 4. The van der Waals surface area contributed by atoms with Crippen molar-refractivity contribution in [1.29, 1.82) is 0 Å². The summed E-state index contributed by atoms with van der Waals surface area (Å²) >= 11 is 1.37. The molecule has 1 aliphatic rings. The highest BCUT2D eigenvalue weighted by molar-refractivity contribution is 7.15. The molecule has 2 amide bonds. The summed E-state index contributed by atoms with van der Waals surface area (Å²) in [5.41, 5.74) is 2.06. The zero-order valence-electron chi connectivity index (χ0n) is 14.6. The van der Waals surface area contributed by atoms with E-state index in [9.17, 15) is 14.4 Å². The molecule has 1 aromatic heterocycles. The third-order valence-electron chi connectivity index (χ3n) is 4.53. The van der Waals surface area contributed by atoms with E-state index < -0.39 is 23.5 Å². The lowest BCUT2D eigenvalue weighted by molar-refractivity contribution is -0.130. The van der Waals surface area contributed by atoms with Crippen LogP contribution in [0, 0.1) is 5.92 Å². The number of benzene rings is 1. The molecule has 0 fully saturated rings. The number of carbonyl (C=O) groups excluding carboxylic acids is 3. The van der Waals surface area contributed by atoms with E-state index in [4.69, 9.17) is 0 Å². The van der Waals surface area contributed by atoms with Gasteiger partial charge in [-0.3, -0.25) is 14.4 Å². The average Bonchev–Trinajstić information content (AvgIpc) is 3.05. The van der Waals surface area contributed by atoms with Gasteiger partial charge in [0, 0.05) is 19.8 Å². The second-order valence-corrected chi connectivity index (χ2v) is 7.31. The third kappa shape index (κ3) is 2.76. The van der Waals surface area contributed by atoms with E-state index >= 15 is 0 Å². The van der Waals surface area contributed by atoms with Crippen LogP contribution in [0.2, 0.25) is 0 Å². The highest BCUT2D eigenvalue weighted by Gasteiger charge is 2.46. The number of fused-ring (bicyclic) bond motifs is 1. The van der Waals surface area contributed by atoms with Gasteiger partial charge < -0.3 is 9.80 Å². The minimum absolute atomic E-state index is 0.146. The van der Waals surface area contributed by atoms with Crippen LogP contribution >= 0.6 is 11.3 Å². The molecule has 0 saturated heterocycles. The number of carbonyl (C=O) groups is 3. The van der Waals surface area contributed by atoms with Crippen LogP contribution in [-0.4, -0.2) is 31.7 Å². The number of para-hydroxylation sites is 1. The van der Waals surface area contributed by atoms with Gasteiger partial charge in [0.25, 0.3) is 0 Å². The van der Waals surface area contributed by atoms with Crippen molar-refractivity contribution >= 4 is 39.6 Å². The maximum atomic E-state index is 13.0. The zero-order valence-corrected chi connectivity index (χ0v) is 15.5. The number of anilines is 2. The fourth-order valence-corrected chi connectivity index (χ4v) is 4.23. The molecule has 1 atom stereocenters. The van der Waals surface area contributed by atoms with E-state index in [0.29, 0.717) is 16.3 Å². The molecule has 3 rings (SSSR count). The Labute approximate surface area is 150 Å². The SMILES string of the molecule is CC(C)c1csc2c1C(=O)C(C(=O)N(C)c1ccccc1)C(=O)N2C. The summed E-state index contributed by atoms with van der Waals surface area (Å²) in [5.74, 6) is -2.54. The van der Waals surface area contributed by atoms with Crippen molar-refractivity contribution in [2.75, 3.05) is 23.9 Å². The van der Waals surface area contributed by atoms with E-state index in [-0.39, 0.29) is 5.92 Å². The Morgan fingerprint density at radius 2 is 1.84 bits per heavy atom. The van der Waals surface area contributed by atoms with Crippen LogP contribution in [-0.2, 0) is 9.59 Å². The molecule has 0 saturated carbocycles. The van der Waals surface area contributed by atoms with Crippen molar-refractivity contribution in [3.8, 4) is 0 Å². The molecular weight excluding hydrogens is 336 g/mol. The van der Waals surface area contributed by atoms with Gasteiger partial charge in [-0.25, -0.2) is 0 Å². The largest absolute Gasteiger partial charge is 0.314 e. The van der Waals surface area contributed by atoms with Gasteiger partial charge in [-0.2, -0.15) is 0 Å². The van der Waals surface area contributed by atoms with Gasteiger partial charge in [0.1, 0.15) is 5.00 Å². The summed E-state index contributed by atoms with van der Waals surface area (Å²) in [4.78, 5) is 41.5. The molecule has 5 nitrogen and oxygen atoms in total. The second-order valence-electron chi connectivity index (χ2n) is 6.45. The highest BCUT2D eigenvalue weighted by atomic mass is 32.1. The smallest absolute Gasteiger partial charge is 0.247 e. The first-order chi connectivity index (χ1) is 11.8. The van der Waals surface area contributed by atoms with Crippen molar-refractivity contribution in [1.82, 2.24) is 0 Å². The van der Waals surface area contributed by atoms with Crippen LogP contribution in [0.1, 0.15) is 35.7 Å². The lowest BCUT2D eigenvalue weighted by Gasteiger charge is -2.30. The normalized spacial score (nSPS) is 17.0. The van der Waals surface area contributed by atoms with Gasteiger partial charge in [0.2, 0.25) is 11.8 Å². The van der Waals surface area contributed by atoms with Crippen LogP contribution in [0.4, 0.5) is 10.7 Å². The van der Waals surface area contributed by atoms with Crippen molar-refractivity contribution in [2.45, 2.75) is 19.8 Å². The fraction of sp³-hybridized carbons (Fsp3) is 0.316. The summed E-state index contributed by atoms with van der Waals surface area (Å²) < 4.78 is 0. The number of amides is 2. The van der Waals surface area contributed by atoms with Crippen molar-refractivity contribution in [2.24, 2.45) is 5.92 Å². The van der Waals surface area contributed by atoms with Crippen molar-refractivity contribution < 1.29 is 14.4 Å². The van der Waals surface area contributed by atoms with E-state index in [1.807, 2.05) is 37.4 Å². The van der Waals surface area contributed by atoms with Gasteiger partial charge in [0.05, 0.1) is 5.56 Å². The number of thiophene rings is 1. The Balaban J connectivity index is 2.02. The molecule has 0 spiro atoms.